The lowest BCUT2D eigenvalue weighted by Gasteiger charge is -2.14. The number of nitrogens with one attached hydrogen (secondary N) is 1. The molecule has 1 amide bonds. The number of nitrogens with zero attached hydrogens (tertiary/aromatic N) is 1. The zero-order valence-corrected chi connectivity index (χ0v) is 14.7. The van der Waals surface area contributed by atoms with Crippen molar-refractivity contribution in [1.82, 2.24) is 9.88 Å². The van der Waals surface area contributed by atoms with Crippen LogP contribution in [0.25, 0.3) is 10.8 Å². The first-order valence-electron chi connectivity index (χ1n) is 8.75. The summed E-state index contributed by atoms with van der Waals surface area (Å²) in [5, 5.41) is 3.73. The maximum Gasteiger partial charge on any atom is 0.268 e. The van der Waals surface area contributed by atoms with Gasteiger partial charge in [-0.05, 0) is 42.0 Å². The average molecular weight is 352 g/mol. The molecule has 3 rings (SSSR count). The van der Waals surface area contributed by atoms with E-state index in [0.29, 0.717) is 42.4 Å². The van der Waals surface area contributed by atoms with Crippen molar-refractivity contribution in [3.8, 4) is 0 Å². The number of rotatable bonds is 6. The van der Waals surface area contributed by atoms with Gasteiger partial charge in [0.2, 0.25) is 0 Å². The smallest absolute Gasteiger partial charge is 0.268 e. The summed E-state index contributed by atoms with van der Waals surface area (Å²) in [6, 6.07) is 15.6. The van der Waals surface area contributed by atoms with Gasteiger partial charge in [0.25, 0.3) is 11.5 Å². The summed E-state index contributed by atoms with van der Waals surface area (Å²) < 4.78 is 14.9. The van der Waals surface area contributed by atoms with Crippen LogP contribution in [0.5, 0.6) is 0 Å². The first-order valence-corrected chi connectivity index (χ1v) is 8.75. The third kappa shape index (κ3) is 3.82. The third-order valence-electron chi connectivity index (χ3n) is 4.30. The first-order chi connectivity index (χ1) is 12.6. The normalized spacial score (nSPS) is 10.8. The van der Waals surface area contributed by atoms with Gasteiger partial charge in [0.05, 0.1) is 5.39 Å². The summed E-state index contributed by atoms with van der Waals surface area (Å²) in [5.41, 5.74) is 1.11. The average Bonchev–Trinajstić information content (AvgIpc) is 2.65. The van der Waals surface area contributed by atoms with Gasteiger partial charge < -0.3 is 9.88 Å². The fourth-order valence-electron chi connectivity index (χ4n) is 3.01. The van der Waals surface area contributed by atoms with E-state index >= 15 is 0 Å². The second-order valence-electron chi connectivity index (χ2n) is 6.21. The Morgan fingerprint density at radius 3 is 2.62 bits per heavy atom. The topological polar surface area (TPSA) is 51.1 Å². The van der Waals surface area contributed by atoms with Crippen LogP contribution in [-0.4, -0.2) is 17.0 Å². The number of carbonyl (C=O) groups excluding carboxylic acids is 1. The Hall–Kier alpha value is -2.95. The van der Waals surface area contributed by atoms with Crippen LogP contribution in [0.3, 0.4) is 0 Å². The molecular formula is C21H21FN2O2. The van der Waals surface area contributed by atoms with Crippen molar-refractivity contribution >= 4 is 16.7 Å². The molecule has 1 aromatic heterocycles. The second kappa shape index (κ2) is 7.95. The zero-order chi connectivity index (χ0) is 18.5. The van der Waals surface area contributed by atoms with Crippen LogP contribution in [0.4, 0.5) is 4.39 Å². The van der Waals surface area contributed by atoms with E-state index in [1.54, 1.807) is 6.07 Å². The number of fused-ring (bicyclic) bond motifs is 1. The van der Waals surface area contributed by atoms with Gasteiger partial charge in [0, 0.05) is 13.1 Å². The van der Waals surface area contributed by atoms with Gasteiger partial charge in [0.15, 0.2) is 0 Å². The van der Waals surface area contributed by atoms with E-state index in [1.165, 1.54) is 22.8 Å². The molecule has 5 heteroatoms. The summed E-state index contributed by atoms with van der Waals surface area (Å²) in [4.78, 5) is 25.4. The molecule has 0 saturated heterocycles. The van der Waals surface area contributed by atoms with Crippen LogP contribution >= 0.6 is 0 Å². The van der Waals surface area contributed by atoms with Gasteiger partial charge in [0.1, 0.15) is 11.5 Å². The second-order valence-corrected chi connectivity index (χ2v) is 6.21. The highest BCUT2D eigenvalue weighted by atomic mass is 19.1. The van der Waals surface area contributed by atoms with Crippen molar-refractivity contribution in [2.45, 2.75) is 26.3 Å². The lowest BCUT2D eigenvalue weighted by molar-refractivity contribution is 0.0943. The van der Waals surface area contributed by atoms with Crippen molar-refractivity contribution in [2.24, 2.45) is 0 Å². The maximum atomic E-state index is 13.5. The lowest BCUT2D eigenvalue weighted by atomic mass is 10.1. The van der Waals surface area contributed by atoms with Crippen molar-refractivity contribution < 1.29 is 9.18 Å². The van der Waals surface area contributed by atoms with Crippen LogP contribution < -0.4 is 10.9 Å². The number of aromatic nitrogens is 1. The Bertz CT molecular complexity index is 980. The molecule has 0 atom stereocenters. The Balaban J connectivity index is 1.87. The SMILES string of the molecule is CCCn1c(C(=O)NCCc2ccccc2)cc2ccc(F)cc2c1=O. The van der Waals surface area contributed by atoms with Gasteiger partial charge in [-0.1, -0.05) is 43.3 Å². The Kier molecular flexibility index (Phi) is 5.46. The van der Waals surface area contributed by atoms with E-state index in [0.717, 1.165) is 5.56 Å². The molecule has 0 fully saturated rings. The number of hydrogen-bond donors (Lipinski definition) is 1. The molecule has 0 spiro atoms. The van der Waals surface area contributed by atoms with E-state index in [9.17, 15) is 14.0 Å². The third-order valence-corrected chi connectivity index (χ3v) is 4.30. The number of carbonyl (C=O) groups is 1. The first kappa shape index (κ1) is 17.9. The number of pyridine rings is 1. The quantitative estimate of drug-likeness (QED) is 0.738. The zero-order valence-electron chi connectivity index (χ0n) is 14.7. The number of amides is 1. The van der Waals surface area contributed by atoms with Crippen molar-refractivity contribution in [2.75, 3.05) is 6.54 Å². The van der Waals surface area contributed by atoms with E-state index in [1.807, 2.05) is 37.3 Å². The summed E-state index contributed by atoms with van der Waals surface area (Å²) in [7, 11) is 0. The van der Waals surface area contributed by atoms with Gasteiger partial charge in [-0.15, -0.1) is 0 Å². The number of hydrogen-bond acceptors (Lipinski definition) is 2. The fourth-order valence-corrected chi connectivity index (χ4v) is 3.01. The highest BCUT2D eigenvalue weighted by Crippen LogP contribution is 2.14. The van der Waals surface area contributed by atoms with Gasteiger partial charge >= 0.3 is 0 Å². The molecule has 3 aromatic rings. The fraction of sp³-hybridized carbons (Fsp3) is 0.238. The van der Waals surface area contributed by atoms with E-state index in [4.69, 9.17) is 0 Å². The summed E-state index contributed by atoms with van der Waals surface area (Å²) in [5.74, 6) is -0.754. The predicted molar refractivity (Wildman–Crippen MR) is 101 cm³/mol. The highest BCUT2D eigenvalue weighted by molar-refractivity contribution is 5.96. The van der Waals surface area contributed by atoms with Gasteiger partial charge in [-0.2, -0.15) is 0 Å². The summed E-state index contributed by atoms with van der Waals surface area (Å²) >= 11 is 0. The Morgan fingerprint density at radius 2 is 1.88 bits per heavy atom. The van der Waals surface area contributed by atoms with Crippen LogP contribution in [0, 0.1) is 5.82 Å². The van der Waals surface area contributed by atoms with E-state index in [2.05, 4.69) is 5.32 Å². The maximum absolute atomic E-state index is 13.5. The van der Waals surface area contributed by atoms with Crippen molar-refractivity contribution in [3.05, 3.63) is 82.0 Å². The number of halogens is 1. The molecule has 0 aliphatic heterocycles. The standard InChI is InChI=1S/C21H21FN2O2/c1-2-12-24-19(13-16-8-9-17(22)14-18(16)21(24)26)20(25)23-11-10-15-6-4-3-5-7-15/h3-9,13-14H,2,10-12H2,1H3,(H,23,25). The van der Waals surface area contributed by atoms with Crippen LogP contribution in [0.1, 0.15) is 29.4 Å². The molecule has 0 bridgehead atoms. The minimum Gasteiger partial charge on any atom is -0.350 e. The predicted octanol–water partition coefficient (Wildman–Crippen LogP) is 3.52. The van der Waals surface area contributed by atoms with E-state index < -0.39 is 5.82 Å². The minimum absolute atomic E-state index is 0.291. The molecule has 1 N–H and O–H groups in total. The van der Waals surface area contributed by atoms with Crippen molar-refractivity contribution in [3.63, 3.8) is 0 Å². The molecule has 2 aromatic carbocycles. The van der Waals surface area contributed by atoms with Crippen LogP contribution in [-0.2, 0) is 13.0 Å². The largest absolute Gasteiger partial charge is 0.350 e. The summed E-state index contributed by atoms with van der Waals surface area (Å²) in [6.45, 7) is 2.82. The minimum atomic E-state index is -0.460. The number of benzene rings is 2. The molecule has 26 heavy (non-hydrogen) atoms. The molecule has 0 radical (unpaired) electrons. The highest BCUT2D eigenvalue weighted by Gasteiger charge is 2.15. The molecule has 4 nitrogen and oxygen atoms in total. The van der Waals surface area contributed by atoms with E-state index in [-0.39, 0.29) is 11.5 Å². The molecule has 134 valence electrons. The summed E-state index contributed by atoms with van der Waals surface area (Å²) in [6.07, 6.45) is 1.41. The molecule has 0 saturated carbocycles. The van der Waals surface area contributed by atoms with Crippen molar-refractivity contribution in [1.29, 1.82) is 0 Å². The molecule has 0 aliphatic rings. The van der Waals surface area contributed by atoms with Crippen LogP contribution in [0.15, 0.2) is 59.4 Å². The molecule has 0 unspecified atom stereocenters. The molecule has 0 aliphatic carbocycles. The Labute approximate surface area is 151 Å². The van der Waals surface area contributed by atoms with Crippen LogP contribution in [0.2, 0.25) is 0 Å². The molecular weight excluding hydrogens is 331 g/mol. The monoisotopic (exact) mass is 352 g/mol. The van der Waals surface area contributed by atoms with Gasteiger partial charge in [-0.3, -0.25) is 9.59 Å². The Morgan fingerprint density at radius 1 is 1.12 bits per heavy atom. The van der Waals surface area contributed by atoms with Gasteiger partial charge in [-0.25, -0.2) is 4.39 Å². The lowest BCUT2D eigenvalue weighted by Crippen LogP contribution is -2.33. The molecule has 1 heterocycles.